The third kappa shape index (κ3) is 3.40. The van der Waals surface area contributed by atoms with E-state index >= 15 is 0 Å². The Morgan fingerprint density at radius 1 is 1.21 bits per heavy atom. The molecule has 124 valence electrons. The third-order valence-corrected chi connectivity index (χ3v) is 4.12. The number of methoxy groups -OCH3 is 1. The lowest BCUT2D eigenvalue weighted by atomic mass is 10.1. The summed E-state index contributed by atoms with van der Waals surface area (Å²) in [6.07, 6.45) is 2.25. The van der Waals surface area contributed by atoms with Gasteiger partial charge >= 0.3 is 0 Å². The second kappa shape index (κ2) is 7.17. The number of carbonyl (C=O) groups excluding carboxylic acids is 1. The predicted molar refractivity (Wildman–Crippen MR) is 93.9 cm³/mol. The fourth-order valence-corrected chi connectivity index (χ4v) is 2.76. The van der Waals surface area contributed by atoms with Gasteiger partial charge in [-0.25, -0.2) is 0 Å². The molecule has 0 unspecified atom stereocenters. The molecule has 1 aromatic heterocycles. The van der Waals surface area contributed by atoms with Gasteiger partial charge in [0.25, 0.3) is 0 Å². The largest absolute Gasteiger partial charge is 0.496 e. The van der Waals surface area contributed by atoms with Crippen molar-refractivity contribution in [1.82, 2.24) is 15.1 Å². The topological polar surface area (TPSA) is 56.1 Å². The number of fused-ring (bicyclic) bond motifs is 1. The fraction of sp³-hybridized carbons (Fsp3) is 0.263. The number of hydrogen-bond donors (Lipinski definition) is 1. The lowest BCUT2D eigenvalue weighted by Gasteiger charge is -2.10. The monoisotopic (exact) mass is 323 g/mol. The average Bonchev–Trinajstić information content (AvgIpc) is 3.03. The summed E-state index contributed by atoms with van der Waals surface area (Å²) in [6.45, 7) is 3.08. The molecule has 5 nitrogen and oxygen atoms in total. The SMILES string of the molecule is COc1ccccc1CNC(=O)CCn1ncc2c(C)cccc21. The molecule has 24 heavy (non-hydrogen) atoms. The van der Waals surface area contributed by atoms with Crippen molar-refractivity contribution < 1.29 is 9.53 Å². The van der Waals surface area contributed by atoms with Crippen LogP contribution in [0.15, 0.2) is 48.7 Å². The van der Waals surface area contributed by atoms with Crippen molar-refractivity contribution in [3.8, 4) is 5.75 Å². The van der Waals surface area contributed by atoms with Crippen molar-refractivity contribution in [3.63, 3.8) is 0 Å². The quantitative estimate of drug-likeness (QED) is 0.758. The second-order valence-corrected chi connectivity index (χ2v) is 5.71. The molecule has 0 bridgehead atoms. The highest BCUT2D eigenvalue weighted by atomic mass is 16.5. The van der Waals surface area contributed by atoms with E-state index in [2.05, 4.69) is 23.4 Å². The Morgan fingerprint density at radius 2 is 2.04 bits per heavy atom. The Morgan fingerprint density at radius 3 is 2.88 bits per heavy atom. The summed E-state index contributed by atoms with van der Waals surface area (Å²) in [5.74, 6) is 0.781. The van der Waals surface area contributed by atoms with E-state index in [9.17, 15) is 4.79 Å². The van der Waals surface area contributed by atoms with Crippen molar-refractivity contribution in [2.45, 2.75) is 26.4 Å². The molecule has 3 aromatic rings. The molecule has 0 aliphatic rings. The lowest BCUT2D eigenvalue weighted by molar-refractivity contribution is -0.121. The number of nitrogens with one attached hydrogen (secondary N) is 1. The molecule has 1 amide bonds. The number of aromatic nitrogens is 2. The van der Waals surface area contributed by atoms with E-state index in [4.69, 9.17) is 4.74 Å². The van der Waals surface area contributed by atoms with Gasteiger partial charge in [-0.3, -0.25) is 9.48 Å². The highest BCUT2D eigenvalue weighted by Gasteiger charge is 2.08. The Hall–Kier alpha value is -2.82. The Labute approximate surface area is 141 Å². The summed E-state index contributed by atoms with van der Waals surface area (Å²) in [5, 5.41) is 8.46. The highest BCUT2D eigenvalue weighted by molar-refractivity contribution is 5.82. The van der Waals surface area contributed by atoms with Crippen LogP contribution in [0.3, 0.4) is 0 Å². The van der Waals surface area contributed by atoms with E-state index < -0.39 is 0 Å². The summed E-state index contributed by atoms with van der Waals surface area (Å²) in [4.78, 5) is 12.1. The molecule has 0 saturated carbocycles. The number of amides is 1. The first kappa shape index (κ1) is 16.1. The van der Waals surface area contributed by atoms with E-state index in [0.29, 0.717) is 19.5 Å². The highest BCUT2D eigenvalue weighted by Crippen LogP contribution is 2.18. The Balaban J connectivity index is 1.58. The van der Waals surface area contributed by atoms with Crippen molar-refractivity contribution in [3.05, 3.63) is 59.8 Å². The van der Waals surface area contributed by atoms with Gasteiger partial charge in [0.15, 0.2) is 0 Å². The first-order valence-corrected chi connectivity index (χ1v) is 7.99. The minimum atomic E-state index is -0.00258. The van der Waals surface area contributed by atoms with Gasteiger partial charge in [0.05, 0.1) is 25.4 Å². The minimum absolute atomic E-state index is 0.00258. The van der Waals surface area contributed by atoms with E-state index in [1.165, 1.54) is 5.56 Å². The average molecular weight is 323 g/mol. The molecule has 0 saturated heterocycles. The van der Waals surface area contributed by atoms with Crippen LogP contribution in [0, 0.1) is 6.92 Å². The second-order valence-electron chi connectivity index (χ2n) is 5.71. The number of carbonyl (C=O) groups is 1. The molecular formula is C19H21N3O2. The van der Waals surface area contributed by atoms with Gasteiger partial charge in [-0.1, -0.05) is 30.3 Å². The zero-order chi connectivity index (χ0) is 16.9. The number of hydrogen-bond acceptors (Lipinski definition) is 3. The zero-order valence-corrected chi connectivity index (χ0v) is 14.0. The molecule has 0 atom stereocenters. The Bertz CT molecular complexity index is 855. The predicted octanol–water partition coefficient (Wildman–Crippen LogP) is 3.06. The first-order chi connectivity index (χ1) is 11.7. The van der Waals surface area contributed by atoms with Gasteiger partial charge in [0.2, 0.25) is 5.91 Å². The van der Waals surface area contributed by atoms with Gasteiger partial charge in [0, 0.05) is 23.9 Å². The van der Waals surface area contributed by atoms with Gasteiger partial charge in [0.1, 0.15) is 5.75 Å². The molecule has 0 aliphatic heterocycles. The third-order valence-electron chi connectivity index (χ3n) is 4.12. The van der Waals surface area contributed by atoms with E-state index in [-0.39, 0.29) is 5.91 Å². The summed E-state index contributed by atoms with van der Waals surface area (Å²) >= 11 is 0. The number of para-hydroxylation sites is 1. The van der Waals surface area contributed by atoms with Gasteiger partial charge in [-0.15, -0.1) is 0 Å². The smallest absolute Gasteiger partial charge is 0.222 e. The van der Waals surface area contributed by atoms with E-state index in [1.807, 2.05) is 47.3 Å². The molecule has 0 fully saturated rings. The van der Waals surface area contributed by atoms with E-state index in [0.717, 1.165) is 22.2 Å². The number of nitrogens with zero attached hydrogens (tertiary/aromatic N) is 2. The van der Waals surface area contributed by atoms with Crippen LogP contribution in [-0.4, -0.2) is 22.8 Å². The lowest BCUT2D eigenvalue weighted by Crippen LogP contribution is -2.24. The summed E-state index contributed by atoms with van der Waals surface area (Å²) in [6, 6.07) is 13.8. The van der Waals surface area contributed by atoms with Crippen molar-refractivity contribution in [2.24, 2.45) is 0 Å². The van der Waals surface area contributed by atoms with Crippen LogP contribution in [0.2, 0.25) is 0 Å². The maximum Gasteiger partial charge on any atom is 0.222 e. The summed E-state index contributed by atoms with van der Waals surface area (Å²) in [5.41, 5.74) is 3.22. The van der Waals surface area contributed by atoms with Gasteiger partial charge < -0.3 is 10.1 Å². The maximum absolute atomic E-state index is 12.1. The van der Waals surface area contributed by atoms with Crippen LogP contribution in [0.4, 0.5) is 0 Å². The van der Waals surface area contributed by atoms with Crippen molar-refractivity contribution >= 4 is 16.8 Å². The van der Waals surface area contributed by atoms with Crippen LogP contribution in [0.25, 0.3) is 10.9 Å². The van der Waals surface area contributed by atoms with Crippen molar-refractivity contribution in [1.29, 1.82) is 0 Å². The fourth-order valence-electron chi connectivity index (χ4n) is 2.76. The Kier molecular flexibility index (Phi) is 4.79. The normalized spacial score (nSPS) is 10.8. The first-order valence-electron chi connectivity index (χ1n) is 7.99. The number of benzene rings is 2. The maximum atomic E-state index is 12.1. The molecular weight excluding hydrogens is 302 g/mol. The molecule has 0 radical (unpaired) electrons. The van der Waals surface area contributed by atoms with Crippen LogP contribution in [0.5, 0.6) is 5.75 Å². The minimum Gasteiger partial charge on any atom is -0.496 e. The molecule has 0 spiro atoms. The molecule has 3 rings (SSSR count). The number of aryl methyl sites for hydroxylation is 2. The molecule has 1 N–H and O–H groups in total. The van der Waals surface area contributed by atoms with Crippen LogP contribution in [0.1, 0.15) is 17.5 Å². The van der Waals surface area contributed by atoms with Crippen LogP contribution < -0.4 is 10.1 Å². The summed E-state index contributed by atoms with van der Waals surface area (Å²) in [7, 11) is 1.63. The molecule has 0 aliphatic carbocycles. The van der Waals surface area contributed by atoms with Crippen LogP contribution in [-0.2, 0) is 17.9 Å². The molecule has 2 aromatic carbocycles. The van der Waals surface area contributed by atoms with Crippen molar-refractivity contribution in [2.75, 3.05) is 7.11 Å². The number of ether oxygens (including phenoxy) is 1. The number of rotatable bonds is 6. The van der Waals surface area contributed by atoms with Gasteiger partial charge in [-0.05, 0) is 24.6 Å². The molecule has 1 heterocycles. The summed E-state index contributed by atoms with van der Waals surface area (Å²) < 4.78 is 7.17. The van der Waals surface area contributed by atoms with Crippen LogP contribution >= 0.6 is 0 Å². The van der Waals surface area contributed by atoms with E-state index in [1.54, 1.807) is 7.11 Å². The zero-order valence-electron chi connectivity index (χ0n) is 14.0. The van der Waals surface area contributed by atoms with Gasteiger partial charge in [-0.2, -0.15) is 5.10 Å². The molecule has 5 heteroatoms. The standard InChI is InChI=1S/C19H21N3O2/c1-14-6-5-8-17-16(14)13-21-22(17)11-10-19(23)20-12-15-7-3-4-9-18(15)24-2/h3-9,13H,10-12H2,1-2H3,(H,20,23).